The molecule has 3 nitrogen and oxygen atoms in total. The van der Waals surface area contributed by atoms with E-state index < -0.39 is 0 Å². The van der Waals surface area contributed by atoms with Gasteiger partial charge in [0, 0.05) is 19.1 Å². The van der Waals surface area contributed by atoms with Gasteiger partial charge in [0.15, 0.2) is 0 Å². The molecule has 0 bridgehead atoms. The van der Waals surface area contributed by atoms with Gasteiger partial charge in [-0.15, -0.1) is 0 Å². The van der Waals surface area contributed by atoms with Gasteiger partial charge in [-0.25, -0.2) is 0 Å². The number of nitriles is 1. The fourth-order valence-electron chi connectivity index (χ4n) is 2.53. The molecule has 13 heavy (non-hydrogen) atoms. The molecular formula is C10H17N3. The Hall–Kier alpha value is -0.590. The van der Waals surface area contributed by atoms with Crippen LogP contribution in [0.2, 0.25) is 0 Å². The molecule has 3 heteroatoms. The van der Waals surface area contributed by atoms with Crippen molar-refractivity contribution in [1.29, 1.82) is 5.26 Å². The molecule has 1 atom stereocenters. The van der Waals surface area contributed by atoms with Crippen LogP contribution in [0.1, 0.15) is 25.7 Å². The van der Waals surface area contributed by atoms with E-state index in [1.54, 1.807) is 0 Å². The summed E-state index contributed by atoms with van der Waals surface area (Å²) in [6, 6.07) is 2.91. The van der Waals surface area contributed by atoms with Gasteiger partial charge in [-0.05, 0) is 18.8 Å². The molecule has 1 aliphatic carbocycles. The summed E-state index contributed by atoms with van der Waals surface area (Å²) < 4.78 is 0. The largest absolute Gasteiger partial charge is 0.325 e. The third-order valence-electron chi connectivity index (χ3n) is 3.31. The summed E-state index contributed by atoms with van der Waals surface area (Å²) in [5.41, 5.74) is 5.71. The molecular weight excluding hydrogens is 162 g/mol. The maximum Gasteiger partial charge on any atom is 0.101 e. The summed E-state index contributed by atoms with van der Waals surface area (Å²) in [5, 5.41) is 9.08. The fourth-order valence-corrected chi connectivity index (χ4v) is 2.53. The molecule has 72 valence electrons. The summed E-state index contributed by atoms with van der Waals surface area (Å²) in [4.78, 5) is 2.24. The van der Waals surface area contributed by atoms with E-state index in [0.29, 0.717) is 12.0 Å². The zero-order valence-electron chi connectivity index (χ0n) is 7.95. The maximum atomic E-state index is 9.08. The lowest BCUT2D eigenvalue weighted by atomic mass is 9.94. The smallest absolute Gasteiger partial charge is 0.101 e. The van der Waals surface area contributed by atoms with E-state index >= 15 is 0 Å². The van der Waals surface area contributed by atoms with E-state index in [9.17, 15) is 0 Å². The highest BCUT2D eigenvalue weighted by molar-refractivity contribution is 5.02. The molecule has 0 aromatic carbocycles. The van der Waals surface area contributed by atoms with Crippen LogP contribution in [-0.2, 0) is 0 Å². The Morgan fingerprint density at radius 1 is 1.31 bits per heavy atom. The van der Waals surface area contributed by atoms with Gasteiger partial charge < -0.3 is 5.73 Å². The third kappa shape index (κ3) is 1.70. The molecule has 2 aliphatic rings. The van der Waals surface area contributed by atoms with Gasteiger partial charge in [-0.3, -0.25) is 4.90 Å². The normalized spacial score (nSPS) is 28.3. The van der Waals surface area contributed by atoms with E-state index in [1.165, 1.54) is 25.7 Å². The molecule has 2 N–H and O–H groups in total. The maximum absolute atomic E-state index is 9.08. The molecule has 0 aromatic heterocycles. The molecule has 2 fully saturated rings. The van der Waals surface area contributed by atoms with Crippen molar-refractivity contribution in [3.05, 3.63) is 0 Å². The Bertz CT molecular complexity index is 209. The quantitative estimate of drug-likeness (QED) is 0.679. The minimum absolute atomic E-state index is 0.155. The van der Waals surface area contributed by atoms with Gasteiger partial charge >= 0.3 is 0 Å². The van der Waals surface area contributed by atoms with Gasteiger partial charge in [0.2, 0.25) is 0 Å². The Balaban J connectivity index is 1.90. The van der Waals surface area contributed by atoms with Gasteiger partial charge in [-0.2, -0.15) is 5.26 Å². The Kier molecular flexibility index (Phi) is 2.52. The number of nitrogens with two attached hydrogens (primary N) is 1. The second-order valence-corrected chi connectivity index (χ2v) is 4.33. The minimum atomic E-state index is 0.155. The van der Waals surface area contributed by atoms with Crippen molar-refractivity contribution in [2.24, 2.45) is 11.7 Å². The molecule has 1 heterocycles. The topological polar surface area (TPSA) is 53.0 Å². The fraction of sp³-hybridized carbons (Fsp3) is 0.900. The monoisotopic (exact) mass is 179 g/mol. The number of hydrogen-bond acceptors (Lipinski definition) is 3. The van der Waals surface area contributed by atoms with Crippen LogP contribution in [-0.4, -0.2) is 30.1 Å². The van der Waals surface area contributed by atoms with Crippen molar-refractivity contribution in [2.75, 3.05) is 13.1 Å². The second kappa shape index (κ2) is 3.65. The zero-order valence-corrected chi connectivity index (χ0v) is 7.95. The van der Waals surface area contributed by atoms with Gasteiger partial charge in [0.1, 0.15) is 6.04 Å². The van der Waals surface area contributed by atoms with Crippen molar-refractivity contribution >= 4 is 0 Å². The summed E-state index contributed by atoms with van der Waals surface area (Å²) in [7, 11) is 0. The summed E-state index contributed by atoms with van der Waals surface area (Å²) >= 11 is 0. The number of nitrogens with zero attached hydrogens (tertiary/aromatic N) is 2. The molecule has 1 aliphatic heterocycles. The molecule has 1 saturated carbocycles. The van der Waals surface area contributed by atoms with Crippen molar-refractivity contribution in [3.8, 4) is 6.07 Å². The van der Waals surface area contributed by atoms with E-state index in [-0.39, 0.29) is 6.04 Å². The van der Waals surface area contributed by atoms with Crippen LogP contribution < -0.4 is 5.73 Å². The van der Waals surface area contributed by atoms with Gasteiger partial charge in [0.05, 0.1) is 6.07 Å². The molecule has 0 amide bonds. The predicted molar refractivity (Wildman–Crippen MR) is 50.9 cm³/mol. The van der Waals surface area contributed by atoms with Crippen LogP contribution in [0.15, 0.2) is 0 Å². The molecule has 0 radical (unpaired) electrons. The molecule has 0 spiro atoms. The molecule has 0 aromatic rings. The number of hydrogen-bond donors (Lipinski definition) is 1. The molecule has 2 rings (SSSR count). The zero-order chi connectivity index (χ0) is 9.26. The molecule has 1 saturated heterocycles. The average molecular weight is 179 g/mol. The standard InChI is InChI=1S/C10H17N3/c11-5-10(8-3-1-2-4-8)13-6-9(12)7-13/h8-10H,1-4,6-7,12H2. The van der Waals surface area contributed by atoms with Crippen LogP contribution in [0.5, 0.6) is 0 Å². The minimum Gasteiger partial charge on any atom is -0.325 e. The summed E-state index contributed by atoms with van der Waals surface area (Å²) in [5.74, 6) is 0.623. The second-order valence-electron chi connectivity index (χ2n) is 4.33. The Labute approximate surface area is 79.5 Å². The first-order chi connectivity index (χ1) is 6.31. The van der Waals surface area contributed by atoms with Crippen LogP contribution in [0.4, 0.5) is 0 Å². The van der Waals surface area contributed by atoms with Gasteiger partial charge in [0.25, 0.3) is 0 Å². The Morgan fingerprint density at radius 2 is 1.92 bits per heavy atom. The van der Waals surface area contributed by atoms with Crippen LogP contribution in [0.25, 0.3) is 0 Å². The first-order valence-electron chi connectivity index (χ1n) is 5.20. The van der Waals surface area contributed by atoms with Crippen LogP contribution in [0.3, 0.4) is 0 Å². The third-order valence-corrected chi connectivity index (χ3v) is 3.31. The van der Waals surface area contributed by atoms with Crippen LogP contribution in [0, 0.1) is 17.2 Å². The molecule has 1 unspecified atom stereocenters. The van der Waals surface area contributed by atoms with Crippen molar-refractivity contribution < 1.29 is 0 Å². The van der Waals surface area contributed by atoms with E-state index in [4.69, 9.17) is 11.0 Å². The van der Waals surface area contributed by atoms with E-state index in [0.717, 1.165) is 13.1 Å². The van der Waals surface area contributed by atoms with Gasteiger partial charge in [-0.1, -0.05) is 12.8 Å². The number of rotatable bonds is 2. The Morgan fingerprint density at radius 3 is 2.38 bits per heavy atom. The first-order valence-corrected chi connectivity index (χ1v) is 5.20. The highest BCUT2D eigenvalue weighted by atomic mass is 15.2. The predicted octanol–water partition coefficient (Wildman–Crippen LogP) is 0.712. The van der Waals surface area contributed by atoms with Crippen molar-refractivity contribution in [2.45, 2.75) is 37.8 Å². The van der Waals surface area contributed by atoms with Crippen LogP contribution >= 0.6 is 0 Å². The SMILES string of the molecule is N#CC(C1CCCC1)N1CC(N)C1. The lowest BCUT2D eigenvalue weighted by Crippen LogP contribution is -2.60. The average Bonchev–Trinajstić information content (AvgIpc) is 2.55. The number of likely N-dealkylation sites (tertiary alicyclic amines) is 1. The van der Waals surface area contributed by atoms with Crippen molar-refractivity contribution in [1.82, 2.24) is 4.90 Å². The lowest BCUT2D eigenvalue weighted by Gasteiger charge is -2.41. The van der Waals surface area contributed by atoms with E-state index in [1.807, 2.05) is 0 Å². The summed E-state index contributed by atoms with van der Waals surface area (Å²) in [6.07, 6.45) is 5.10. The highest BCUT2D eigenvalue weighted by Crippen LogP contribution is 2.31. The highest BCUT2D eigenvalue weighted by Gasteiger charge is 2.35. The first kappa shape index (κ1) is 8.98. The van der Waals surface area contributed by atoms with Crippen molar-refractivity contribution in [3.63, 3.8) is 0 Å². The van der Waals surface area contributed by atoms with E-state index in [2.05, 4.69) is 11.0 Å². The lowest BCUT2D eigenvalue weighted by molar-refractivity contribution is 0.0901. The summed E-state index contributed by atoms with van der Waals surface area (Å²) in [6.45, 7) is 1.85.